The van der Waals surface area contributed by atoms with Crippen LogP contribution in [0, 0.1) is 11.8 Å². The highest BCUT2D eigenvalue weighted by molar-refractivity contribution is 7.10. The Morgan fingerprint density at radius 3 is 3.15 bits per heavy atom. The molecular weight excluding hydrogens is 268 g/mol. The fraction of sp³-hybridized carbons (Fsp3) is 0.688. The van der Waals surface area contributed by atoms with Gasteiger partial charge in [0.05, 0.1) is 5.92 Å². The molecule has 1 N–H and O–H groups in total. The van der Waals surface area contributed by atoms with E-state index >= 15 is 0 Å². The second-order valence-electron chi connectivity index (χ2n) is 6.50. The van der Waals surface area contributed by atoms with Crippen LogP contribution in [0.25, 0.3) is 0 Å². The van der Waals surface area contributed by atoms with E-state index in [1.165, 1.54) is 29.7 Å². The summed E-state index contributed by atoms with van der Waals surface area (Å²) in [5, 5.41) is 5.63. The van der Waals surface area contributed by atoms with Crippen LogP contribution in [0.3, 0.4) is 0 Å². The van der Waals surface area contributed by atoms with Crippen molar-refractivity contribution in [3.63, 3.8) is 0 Å². The van der Waals surface area contributed by atoms with Gasteiger partial charge in [-0.1, -0.05) is 0 Å². The number of hydrogen-bond donors (Lipinski definition) is 1. The second kappa shape index (κ2) is 5.15. The third kappa shape index (κ3) is 2.09. The van der Waals surface area contributed by atoms with Crippen molar-refractivity contribution in [2.45, 2.75) is 31.6 Å². The van der Waals surface area contributed by atoms with Crippen LogP contribution in [0.15, 0.2) is 11.4 Å². The zero-order valence-corrected chi connectivity index (χ0v) is 12.6. The van der Waals surface area contributed by atoms with Crippen LogP contribution in [-0.2, 0) is 11.2 Å². The Bertz CT molecular complexity index is 512. The number of aryl methyl sites for hydroxylation is 1. The molecule has 1 aliphatic carbocycles. The van der Waals surface area contributed by atoms with E-state index in [0.717, 1.165) is 38.5 Å². The molecule has 1 amide bonds. The van der Waals surface area contributed by atoms with Gasteiger partial charge in [0.15, 0.2) is 0 Å². The standard InChI is InChI=1S/C16H22N2OS/c19-16(14-2-1-3-15-13(14)5-7-20-15)18-6-4-11-8-17-9-12(11)10-18/h5,7,11-12,14,17H,1-4,6,8-10H2. The van der Waals surface area contributed by atoms with E-state index < -0.39 is 0 Å². The summed E-state index contributed by atoms with van der Waals surface area (Å²) < 4.78 is 0. The first-order chi connectivity index (χ1) is 9.83. The summed E-state index contributed by atoms with van der Waals surface area (Å²) in [5.74, 6) is 2.05. The molecule has 0 radical (unpaired) electrons. The number of nitrogens with one attached hydrogen (secondary N) is 1. The SMILES string of the molecule is O=C(C1CCCc2sccc21)N1CCC2CNCC2C1. The number of likely N-dealkylation sites (tertiary alicyclic amines) is 1. The summed E-state index contributed by atoms with van der Waals surface area (Å²) in [6.45, 7) is 4.21. The van der Waals surface area contributed by atoms with Crippen molar-refractivity contribution in [1.82, 2.24) is 10.2 Å². The zero-order chi connectivity index (χ0) is 13.5. The van der Waals surface area contributed by atoms with Crippen LogP contribution in [0.5, 0.6) is 0 Å². The summed E-state index contributed by atoms with van der Waals surface area (Å²) in [6.07, 6.45) is 4.58. The lowest BCUT2D eigenvalue weighted by Gasteiger charge is -2.37. The Kier molecular flexibility index (Phi) is 3.31. The molecule has 4 heteroatoms. The third-order valence-electron chi connectivity index (χ3n) is 5.37. The predicted molar refractivity (Wildman–Crippen MR) is 81.0 cm³/mol. The smallest absolute Gasteiger partial charge is 0.230 e. The second-order valence-corrected chi connectivity index (χ2v) is 7.50. The maximum Gasteiger partial charge on any atom is 0.230 e. The van der Waals surface area contributed by atoms with Crippen LogP contribution < -0.4 is 5.32 Å². The summed E-state index contributed by atoms with van der Waals surface area (Å²) in [7, 11) is 0. The lowest BCUT2D eigenvalue weighted by atomic mass is 9.84. The molecular formula is C16H22N2OS. The summed E-state index contributed by atoms with van der Waals surface area (Å²) in [5.41, 5.74) is 1.33. The predicted octanol–water partition coefficient (Wildman–Crippen LogP) is 2.24. The quantitative estimate of drug-likeness (QED) is 0.860. The van der Waals surface area contributed by atoms with Gasteiger partial charge in [0.1, 0.15) is 0 Å². The fourth-order valence-corrected chi connectivity index (χ4v) is 5.19. The summed E-state index contributed by atoms with van der Waals surface area (Å²) in [6, 6.07) is 2.19. The van der Waals surface area contributed by atoms with Gasteiger partial charge in [0, 0.05) is 18.0 Å². The molecule has 3 atom stereocenters. The van der Waals surface area contributed by atoms with Crippen LogP contribution in [0.1, 0.15) is 35.6 Å². The van der Waals surface area contributed by atoms with E-state index in [1.54, 1.807) is 0 Å². The number of nitrogens with zero attached hydrogens (tertiary/aromatic N) is 1. The molecule has 0 bridgehead atoms. The van der Waals surface area contributed by atoms with Gasteiger partial charge in [0.25, 0.3) is 0 Å². The van der Waals surface area contributed by atoms with Crippen LogP contribution >= 0.6 is 11.3 Å². The van der Waals surface area contributed by atoms with Crippen molar-refractivity contribution >= 4 is 17.2 Å². The van der Waals surface area contributed by atoms with Gasteiger partial charge in [0.2, 0.25) is 5.91 Å². The maximum atomic E-state index is 12.9. The Morgan fingerprint density at radius 2 is 2.20 bits per heavy atom. The number of carbonyl (C=O) groups is 1. The van der Waals surface area contributed by atoms with Crippen molar-refractivity contribution in [3.8, 4) is 0 Å². The average Bonchev–Trinajstić information content (AvgIpc) is 3.13. The molecule has 3 unspecified atom stereocenters. The third-order valence-corrected chi connectivity index (χ3v) is 6.36. The summed E-state index contributed by atoms with van der Waals surface area (Å²) >= 11 is 1.83. The number of amides is 1. The van der Waals surface area contributed by atoms with E-state index in [1.807, 2.05) is 11.3 Å². The largest absolute Gasteiger partial charge is 0.342 e. The molecule has 108 valence electrons. The van der Waals surface area contributed by atoms with Crippen molar-refractivity contribution < 1.29 is 4.79 Å². The average molecular weight is 290 g/mol. The van der Waals surface area contributed by atoms with Gasteiger partial charge >= 0.3 is 0 Å². The molecule has 2 saturated heterocycles. The zero-order valence-electron chi connectivity index (χ0n) is 11.8. The number of rotatable bonds is 1. The monoisotopic (exact) mass is 290 g/mol. The molecule has 4 rings (SSSR count). The van der Waals surface area contributed by atoms with Gasteiger partial charge in [-0.15, -0.1) is 11.3 Å². The van der Waals surface area contributed by atoms with Crippen LogP contribution in [-0.4, -0.2) is 37.0 Å². The Hall–Kier alpha value is -0.870. The van der Waals surface area contributed by atoms with Crippen LogP contribution in [0.4, 0.5) is 0 Å². The lowest BCUT2D eigenvalue weighted by Crippen LogP contribution is -2.45. The first-order valence-electron chi connectivity index (χ1n) is 7.88. The van der Waals surface area contributed by atoms with Crippen LogP contribution in [0.2, 0.25) is 0 Å². The summed E-state index contributed by atoms with van der Waals surface area (Å²) in [4.78, 5) is 16.5. The molecule has 3 nitrogen and oxygen atoms in total. The fourth-order valence-electron chi connectivity index (χ4n) is 4.20. The Labute approximate surface area is 124 Å². The molecule has 0 aromatic carbocycles. The highest BCUT2D eigenvalue weighted by Crippen LogP contribution is 2.37. The molecule has 2 aliphatic heterocycles. The molecule has 3 aliphatic rings. The van der Waals surface area contributed by atoms with E-state index in [4.69, 9.17) is 0 Å². The minimum absolute atomic E-state index is 0.149. The van der Waals surface area contributed by atoms with E-state index in [9.17, 15) is 4.79 Å². The van der Waals surface area contributed by atoms with Gasteiger partial charge in [-0.3, -0.25) is 4.79 Å². The molecule has 0 saturated carbocycles. The molecule has 3 heterocycles. The van der Waals surface area contributed by atoms with Crippen molar-refractivity contribution in [3.05, 3.63) is 21.9 Å². The van der Waals surface area contributed by atoms with Crippen molar-refractivity contribution in [2.75, 3.05) is 26.2 Å². The highest BCUT2D eigenvalue weighted by atomic mass is 32.1. The van der Waals surface area contributed by atoms with Gasteiger partial charge < -0.3 is 10.2 Å². The first-order valence-corrected chi connectivity index (χ1v) is 8.76. The number of piperidine rings is 1. The molecule has 1 aromatic rings. The van der Waals surface area contributed by atoms with Crippen molar-refractivity contribution in [1.29, 1.82) is 0 Å². The molecule has 2 fully saturated rings. The van der Waals surface area contributed by atoms with Gasteiger partial charge in [-0.05, 0) is 67.6 Å². The molecule has 0 spiro atoms. The minimum atomic E-state index is 0.149. The molecule has 1 aromatic heterocycles. The number of hydrogen-bond acceptors (Lipinski definition) is 3. The van der Waals surface area contributed by atoms with Gasteiger partial charge in [-0.2, -0.15) is 0 Å². The maximum absolute atomic E-state index is 12.9. The minimum Gasteiger partial charge on any atom is -0.342 e. The first kappa shape index (κ1) is 12.8. The lowest BCUT2D eigenvalue weighted by molar-refractivity contribution is -0.135. The molecule has 20 heavy (non-hydrogen) atoms. The topological polar surface area (TPSA) is 32.3 Å². The number of fused-ring (bicyclic) bond motifs is 2. The highest BCUT2D eigenvalue weighted by Gasteiger charge is 2.37. The number of carbonyl (C=O) groups excluding carboxylic acids is 1. The van der Waals surface area contributed by atoms with Crippen molar-refractivity contribution in [2.24, 2.45) is 11.8 Å². The van der Waals surface area contributed by atoms with E-state index in [2.05, 4.69) is 21.7 Å². The van der Waals surface area contributed by atoms with E-state index in [-0.39, 0.29) is 5.92 Å². The normalized spacial score (nSPS) is 32.8. The Morgan fingerprint density at radius 1 is 1.30 bits per heavy atom. The Balaban J connectivity index is 1.51. The van der Waals surface area contributed by atoms with E-state index in [0.29, 0.717) is 11.8 Å². The number of thiophene rings is 1. The van der Waals surface area contributed by atoms with Gasteiger partial charge in [-0.25, -0.2) is 0 Å².